The molecule has 0 bridgehead atoms. The number of esters is 1. The van der Waals surface area contributed by atoms with E-state index in [1.807, 2.05) is 0 Å². The van der Waals surface area contributed by atoms with Gasteiger partial charge in [0.05, 0.1) is 12.7 Å². The number of hydrogen-bond donors (Lipinski definition) is 1. The lowest BCUT2D eigenvalue weighted by atomic mass is 10.1. The molecule has 0 unspecified atom stereocenters. The maximum atomic E-state index is 12.1. The van der Waals surface area contributed by atoms with Gasteiger partial charge in [-0.25, -0.2) is 4.79 Å². The Morgan fingerprint density at radius 2 is 1.81 bits per heavy atom. The Labute approximate surface area is 89.5 Å². The fourth-order valence-corrected chi connectivity index (χ4v) is 1.11. The summed E-state index contributed by atoms with van der Waals surface area (Å²) in [6.45, 7) is 0. The second-order valence-electron chi connectivity index (χ2n) is 3.06. The number of carbonyl (C=O) groups excluding carboxylic acids is 1. The highest BCUT2D eigenvalue weighted by atomic mass is 19.4. The van der Waals surface area contributed by atoms with Gasteiger partial charge in [-0.05, 0) is 17.7 Å². The van der Waals surface area contributed by atoms with Gasteiger partial charge in [0, 0.05) is 0 Å². The van der Waals surface area contributed by atoms with E-state index in [1.54, 1.807) is 0 Å². The van der Waals surface area contributed by atoms with Crippen molar-refractivity contribution >= 4 is 5.97 Å². The van der Waals surface area contributed by atoms with Crippen molar-refractivity contribution in [2.24, 2.45) is 0 Å². The molecule has 88 valence electrons. The first-order chi connectivity index (χ1) is 7.36. The van der Waals surface area contributed by atoms with Crippen molar-refractivity contribution in [3.05, 3.63) is 35.4 Å². The van der Waals surface area contributed by atoms with Gasteiger partial charge in [-0.3, -0.25) is 0 Å². The summed E-state index contributed by atoms with van der Waals surface area (Å²) in [7, 11) is 1.17. The molecule has 0 amide bonds. The average Bonchev–Trinajstić information content (AvgIpc) is 2.26. The van der Waals surface area contributed by atoms with E-state index in [-0.39, 0.29) is 11.1 Å². The maximum Gasteiger partial charge on any atom is 0.418 e. The third-order valence-electron chi connectivity index (χ3n) is 1.96. The highest BCUT2D eigenvalue weighted by molar-refractivity contribution is 5.89. The minimum Gasteiger partial charge on any atom is -0.465 e. The van der Waals surface area contributed by atoms with Crippen LogP contribution in [0.5, 0.6) is 0 Å². The number of hydrogen-bond acceptors (Lipinski definition) is 3. The highest BCUT2D eigenvalue weighted by Gasteiger charge is 2.39. The molecule has 1 N–H and O–H groups in total. The first-order valence-corrected chi connectivity index (χ1v) is 4.29. The molecule has 1 rings (SSSR count). The summed E-state index contributed by atoms with van der Waals surface area (Å²) in [6.07, 6.45) is -7.26. The summed E-state index contributed by atoms with van der Waals surface area (Å²) in [4.78, 5) is 11.0. The molecular weight excluding hydrogens is 225 g/mol. The molecule has 0 saturated heterocycles. The van der Waals surface area contributed by atoms with Gasteiger partial charge in [-0.15, -0.1) is 0 Å². The molecule has 3 nitrogen and oxygen atoms in total. The van der Waals surface area contributed by atoms with Crippen LogP contribution >= 0.6 is 0 Å². The van der Waals surface area contributed by atoms with E-state index in [0.29, 0.717) is 0 Å². The Balaban J connectivity index is 2.91. The molecule has 6 heteroatoms. The second kappa shape index (κ2) is 4.52. The van der Waals surface area contributed by atoms with Crippen LogP contribution in [0.15, 0.2) is 24.3 Å². The van der Waals surface area contributed by atoms with Crippen LogP contribution in [0.1, 0.15) is 22.0 Å². The van der Waals surface area contributed by atoms with Gasteiger partial charge in [0.2, 0.25) is 0 Å². The number of aliphatic hydroxyl groups excluding tert-OH is 1. The smallest absolute Gasteiger partial charge is 0.418 e. The predicted octanol–water partition coefficient (Wildman–Crippen LogP) is 2.07. The van der Waals surface area contributed by atoms with Crippen LogP contribution in [0.25, 0.3) is 0 Å². The molecule has 0 heterocycles. The SMILES string of the molecule is COC(=O)c1ccc([C@@H](O)C(F)(F)F)cc1. The molecule has 0 aromatic heterocycles. The van der Waals surface area contributed by atoms with Crippen molar-refractivity contribution in [3.8, 4) is 0 Å². The van der Waals surface area contributed by atoms with Crippen molar-refractivity contribution in [1.29, 1.82) is 0 Å². The maximum absolute atomic E-state index is 12.1. The monoisotopic (exact) mass is 234 g/mol. The zero-order valence-electron chi connectivity index (χ0n) is 8.28. The number of halogens is 3. The van der Waals surface area contributed by atoms with Crippen molar-refractivity contribution in [2.75, 3.05) is 7.11 Å². The Morgan fingerprint density at radius 3 is 2.19 bits per heavy atom. The predicted molar refractivity (Wildman–Crippen MR) is 48.8 cm³/mol. The number of rotatable bonds is 2. The number of carbonyl (C=O) groups is 1. The molecule has 0 fully saturated rings. The Hall–Kier alpha value is -1.56. The molecule has 0 aliphatic heterocycles. The molecule has 16 heavy (non-hydrogen) atoms. The first-order valence-electron chi connectivity index (χ1n) is 4.29. The molecule has 0 radical (unpaired) electrons. The quantitative estimate of drug-likeness (QED) is 0.797. The zero-order valence-corrected chi connectivity index (χ0v) is 8.28. The van der Waals surface area contributed by atoms with Gasteiger partial charge in [0.1, 0.15) is 0 Å². The van der Waals surface area contributed by atoms with Crippen LogP contribution < -0.4 is 0 Å². The van der Waals surface area contributed by atoms with E-state index in [4.69, 9.17) is 5.11 Å². The highest BCUT2D eigenvalue weighted by Crippen LogP contribution is 2.32. The van der Waals surface area contributed by atoms with Crippen LogP contribution in [-0.2, 0) is 4.74 Å². The fourth-order valence-electron chi connectivity index (χ4n) is 1.11. The van der Waals surface area contributed by atoms with Crippen molar-refractivity contribution in [2.45, 2.75) is 12.3 Å². The number of aliphatic hydroxyl groups is 1. The van der Waals surface area contributed by atoms with E-state index < -0.39 is 18.2 Å². The largest absolute Gasteiger partial charge is 0.465 e. The topological polar surface area (TPSA) is 46.5 Å². The van der Waals surface area contributed by atoms with Gasteiger partial charge < -0.3 is 9.84 Å². The first kappa shape index (κ1) is 12.5. The number of ether oxygens (including phenoxy) is 1. The van der Waals surface area contributed by atoms with Crippen LogP contribution in [0.3, 0.4) is 0 Å². The average molecular weight is 234 g/mol. The van der Waals surface area contributed by atoms with Gasteiger partial charge >= 0.3 is 12.1 Å². The van der Waals surface area contributed by atoms with E-state index in [1.165, 1.54) is 7.11 Å². The van der Waals surface area contributed by atoms with Gasteiger partial charge in [-0.2, -0.15) is 13.2 Å². The lowest BCUT2D eigenvalue weighted by molar-refractivity contribution is -0.206. The summed E-state index contributed by atoms with van der Waals surface area (Å²) in [5, 5.41) is 8.90. The summed E-state index contributed by atoms with van der Waals surface area (Å²) in [5.74, 6) is -0.645. The Morgan fingerprint density at radius 1 is 1.31 bits per heavy atom. The minimum absolute atomic E-state index is 0.126. The Kier molecular flexibility index (Phi) is 3.54. The van der Waals surface area contributed by atoms with Gasteiger partial charge in [-0.1, -0.05) is 12.1 Å². The summed E-state index contributed by atoms with van der Waals surface area (Å²) in [5.41, 5.74) is -0.194. The number of methoxy groups -OCH3 is 1. The van der Waals surface area contributed by atoms with Crippen molar-refractivity contribution in [1.82, 2.24) is 0 Å². The molecule has 0 saturated carbocycles. The standard InChI is InChI=1S/C10H9F3O3/c1-16-9(15)7-4-2-6(3-5-7)8(14)10(11,12)13/h2-5,8,14H,1H3/t8-/m1/s1. The number of benzene rings is 1. The van der Waals surface area contributed by atoms with Crippen molar-refractivity contribution in [3.63, 3.8) is 0 Å². The van der Waals surface area contributed by atoms with E-state index in [2.05, 4.69) is 4.74 Å². The molecule has 1 aromatic carbocycles. The molecule has 0 aliphatic rings. The third kappa shape index (κ3) is 2.73. The molecule has 0 aliphatic carbocycles. The Bertz CT molecular complexity index is 370. The minimum atomic E-state index is -4.72. The molecule has 1 aromatic rings. The van der Waals surface area contributed by atoms with Crippen LogP contribution in [-0.4, -0.2) is 24.4 Å². The zero-order chi connectivity index (χ0) is 12.3. The summed E-state index contributed by atoms with van der Waals surface area (Å²) >= 11 is 0. The number of alkyl halides is 3. The van der Waals surface area contributed by atoms with Crippen LogP contribution in [0.2, 0.25) is 0 Å². The van der Waals surface area contributed by atoms with Crippen LogP contribution in [0, 0.1) is 0 Å². The lowest BCUT2D eigenvalue weighted by Crippen LogP contribution is -2.20. The summed E-state index contributed by atoms with van der Waals surface area (Å²) in [6, 6.07) is 4.39. The second-order valence-corrected chi connectivity index (χ2v) is 3.06. The van der Waals surface area contributed by atoms with Crippen LogP contribution in [0.4, 0.5) is 13.2 Å². The summed E-state index contributed by atoms with van der Waals surface area (Å²) < 4.78 is 40.7. The fraction of sp³-hybridized carbons (Fsp3) is 0.300. The molecular formula is C10H9F3O3. The van der Waals surface area contributed by atoms with E-state index >= 15 is 0 Å². The van der Waals surface area contributed by atoms with Crippen molar-refractivity contribution < 1.29 is 27.8 Å². The van der Waals surface area contributed by atoms with Gasteiger partial charge in [0.25, 0.3) is 0 Å². The van der Waals surface area contributed by atoms with E-state index in [9.17, 15) is 18.0 Å². The normalized spacial score (nSPS) is 13.3. The van der Waals surface area contributed by atoms with E-state index in [0.717, 1.165) is 24.3 Å². The molecule has 1 atom stereocenters. The van der Waals surface area contributed by atoms with Gasteiger partial charge in [0.15, 0.2) is 6.10 Å². The molecule has 0 spiro atoms. The lowest BCUT2D eigenvalue weighted by Gasteiger charge is -2.14. The third-order valence-corrected chi connectivity index (χ3v) is 1.96.